The lowest BCUT2D eigenvalue weighted by molar-refractivity contribution is 0.0537. The Hall–Kier alpha value is -1.92. The minimum Gasteiger partial charge on any atom is -0.363 e. The molecule has 0 aliphatic rings. The lowest BCUT2D eigenvalue weighted by atomic mass is 10.3. The number of aryl methyl sites for hydroxylation is 2. The first-order valence-electron chi connectivity index (χ1n) is 5.12. The lowest BCUT2D eigenvalue weighted by Gasteiger charge is -2.07. The van der Waals surface area contributed by atoms with Gasteiger partial charge in [0.05, 0.1) is 12.2 Å². The van der Waals surface area contributed by atoms with Crippen LogP contribution in [0.2, 0.25) is 0 Å². The average molecular weight is 241 g/mol. The van der Waals surface area contributed by atoms with Crippen LogP contribution in [0.15, 0.2) is 18.5 Å². The molecule has 0 unspecified atom stereocenters. The maximum absolute atomic E-state index is 12.5. The van der Waals surface area contributed by atoms with Gasteiger partial charge in [-0.15, -0.1) is 0 Å². The molecule has 0 saturated carbocycles. The lowest BCUT2D eigenvalue weighted by Crippen LogP contribution is -2.10. The van der Waals surface area contributed by atoms with E-state index in [0.717, 1.165) is 5.56 Å². The molecule has 0 aliphatic carbocycles. The van der Waals surface area contributed by atoms with Gasteiger partial charge in [-0.3, -0.25) is 4.68 Å². The molecule has 0 atom stereocenters. The predicted octanol–water partition coefficient (Wildman–Crippen LogP) is 1.93. The highest BCUT2D eigenvalue weighted by atomic mass is 19.3. The fourth-order valence-electron chi connectivity index (χ4n) is 1.61. The Morgan fingerprint density at radius 3 is 2.82 bits per heavy atom. The third-order valence-corrected chi connectivity index (χ3v) is 2.39. The third kappa shape index (κ3) is 2.43. The summed E-state index contributed by atoms with van der Waals surface area (Å²) in [6.45, 7) is -0.450. The molecular formula is C10H13F2N5. The van der Waals surface area contributed by atoms with Gasteiger partial charge < -0.3 is 5.32 Å². The molecule has 1 N–H and O–H groups in total. The summed E-state index contributed by atoms with van der Waals surface area (Å²) in [5, 5.41) is 10.7. The second-order valence-electron chi connectivity index (χ2n) is 3.73. The smallest absolute Gasteiger partial charge is 0.333 e. The van der Waals surface area contributed by atoms with Crippen molar-refractivity contribution in [3.05, 3.63) is 29.7 Å². The molecule has 5 nitrogen and oxygen atoms in total. The van der Waals surface area contributed by atoms with E-state index in [9.17, 15) is 8.78 Å². The van der Waals surface area contributed by atoms with Gasteiger partial charge >= 0.3 is 6.55 Å². The third-order valence-electron chi connectivity index (χ3n) is 2.39. The molecule has 2 aromatic rings. The van der Waals surface area contributed by atoms with Crippen LogP contribution in [0.1, 0.15) is 17.8 Å². The van der Waals surface area contributed by atoms with Gasteiger partial charge in [0.15, 0.2) is 5.82 Å². The molecule has 2 aromatic heterocycles. The monoisotopic (exact) mass is 241 g/mol. The molecule has 7 heteroatoms. The van der Waals surface area contributed by atoms with Gasteiger partial charge in [0.25, 0.3) is 0 Å². The number of hydrogen-bond acceptors (Lipinski definition) is 3. The van der Waals surface area contributed by atoms with Gasteiger partial charge in [0.1, 0.15) is 0 Å². The Bertz CT molecular complexity index is 503. The molecule has 0 radical (unpaired) electrons. The molecule has 2 rings (SSSR count). The Morgan fingerprint density at radius 2 is 2.24 bits per heavy atom. The van der Waals surface area contributed by atoms with Crippen molar-refractivity contribution in [3.63, 3.8) is 0 Å². The zero-order valence-corrected chi connectivity index (χ0v) is 9.56. The van der Waals surface area contributed by atoms with E-state index in [1.54, 1.807) is 10.7 Å². The van der Waals surface area contributed by atoms with E-state index in [1.165, 1.54) is 6.20 Å². The van der Waals surface area contributed by atoms with E-state index < -0.39 is 6.55 Å². The van der Waals surface area contributed by atoms with Crippen molar-refractivity contribution in [2.24, 2.45) is 7.05 Å². The van der Waals surface area contributed by atoms with E-state index in [-0.39, 0.29) is 6.54 Å². The number of rotatable bonds is 4. The molecule has 0 fully saturated rings. The normalized spacial score (nSPS) is 11.1. The first-order chi connectivity index (χ1) is 8.08. The highest BCUT2D eigenvalue weighted by Crippen LogP contribution is 2.15. The summed E-state index contributed by atoms with van der Waals surface area (Å²) in [6.07, 6.45) is 3.21. The molecule has 0 bridgehead atoms. The van der Waals surface area contributed by atoms with Crippen LogP contribution >= 0.6 is 0 Å². The van der Waals surface area contributed by atoms with Gasteiger partial charge in [-0.1, -0.05) is 0 Å². The van der Waals surface area contributed by atoms with Crippen molar-refractivity contribution < 1.29 is 8.78 Å². The summed E-state index contributed by atoms with van der Waals surface area (Å²) in [6, 6.07) is 1.55. The summed E-state index contributed by atoms with van der Waals surface area (Å²) in [4.78, 5) is 0. The maximum atomic E-state index is 12.5. The minimum absolute atomic E-state index is 0.266. The second-order valence-corrected chi connectivity index (χ2v) is 3.73. The molecule has 0 aliphatic heterocycles. The zero-order valence-electron chi connectivity index (χ0n) is 9.56. The number of anilines is 1. The number of alkyl halides is 2. The molecule has 2 heterocycles. The van der Waals surface area contributed by atoms with E-state index >= 15 is 0 Å². The molecule has 92 valence electrons. The summed E-state index contributed by atoms with van der Waals surface area (Å²) in [5.41, 5.74) is 1.39. The largest absolute Gasteiger partial charge is 0.363 e. The molecule has 17 heavy (non-hydrogen) atoms. The fourth-order valence-corrected chi connectivity index (χ4v) is 1.61. The fraction of sp³-hybridized carbons (Fsp3) is 0.400. The minimum atomic E-state index is -2.62. The van der Waals surface area contributed by atoms with Crippen LogP contribution in [-0.2, 0) is 13.6 Å². The highest BCUT2D eigenvalue weighted by molar-refractivity contribution is 5.41. The summed E-state index contributed by atoms with van der Waals surface area (Å²) < 4.78 is 27.4. The van der Waals surface area contributed by atoms with Gasteiger partial charge in [-0.2, -0.15) is 19.0 Å². The highest BCUT2D eigenvalue weighted by Gasteiger charge is 2.12. The quantitative estimate of drug-likeness (QED) is 0.889. The maximum Gasteiger partial charge on any atom is 0.333 e. The SMILES string of the molecule is Cc1cn(C)nc1NCc1ccnn1C(F)F. The van der Waals surface area contributed by atoms with Crippen molar-refractivity contribution in [2.45, 2.75) is 20.0 Å². The standard InChI is InChI=1S/C10H13F2N5/c1-7-6-16(2)15-9(7)13-5-8-3-4-14-17(8)10(11)12/h3-4,6,10H,5H2,1-2H3,(H,13,15). The molecule has 0 saturated heterocycles. The predicted molar refractivity (Wildman–Crippen MR) is 58.8 cm³/mol. The Morgan fingerprint density at radius 1 is 1.47 bits per heavy atom. The van der Waals surface area contributed by atoms with Crippen LogP contribution in [0.25, 0.3) is 0 Å². The number of aromatic nitrogens is 4. The summed E-state index contributed by atoms with van der Waals surface area (Å²) in [5.74, 6) is 0.689. The van der Waals surface area contributed by atoms with Crippen molar-refractivity contribution >= 4 is 5.82 Å². The van der Waals surface area contributed by atoms with Crippen molar-refractivity contribution in [1.29, 1.82) is 0 Å². The topological polar surface area (TPSA) is 47.7 Å². The Kier molecular flexibility index (Phi) is 3.08. The second kappa shape index (κ2) is 4.52. The average Bonchev–Trinajstić information content (AvgIpc) is 2.82. The van der Waals surface area contributed by atoms with Crippen LogP contribution in [0.3, 0.4) is 0 Å². The van der Waals surface area contributed by atoms with Crippen molar-refractivity contribution in [2.75, 3.05) is 5.32 Å². The first-order valence-corrected chi connectivity index (χ1v) is 5.12. The van der Waals surface area contributed by atoms with E-state index in [4.69, 9.17) is 0 Å². The van der Waals surface area contributed by atoms with E-state index in [2.05, 4.69) is 15.5 Å². The van der Waals surface area contributed by atoms with Crippen molar-refractivity contribution in [1.82, 2.24) is 19.6 Å². The number of nitrogens with zero attached hydrogens (tertiary/aromatic N) is 4. The number of nitrogens with one attached hydrogen (secondary N) is 1. The van der Waals surface area contributed by atoms with E-state index in [1.807, 2.05) is 20.2 Å². The van der Waals surface area contributed by atoms with Crippen LogP contribution in [0.5, 0.6) is 0 Å². The number of hydrogen-bond donors (Lipinski definition) is 1. The van der Waals surface area contributed by atoms with Gasteiger partial charge in [-0.05, 0) is 13.0 Å². The first kappa shape index (κ1) is 11.6. The van der Waals surface area contributed by atoms with Gasteiger partial charge in [0.2, 0.25) is 0 Å². The van der Waals surface area contributed by atoms with Crippen LogP contribution in [-0.4, -0.2) is 19.6 Å². The summed E-state index contributed by atoms with van der Waals surface area (Å²) >= 11 is 0. The van der Waals surface area contributed by atoms with E-state index in [0.29, 0.717) is 16.2 Å². The van der Waals surface area contributed by atoms with Crippen molar-refractivity contribution in [3.8, 4) is 0 Å². The van der Waals surface area contributed by atoms with Gasteiger partial charge in [0, 0.05) is 25.0 Å². The Labute approximate surface area is 97.0 Å². The van der Waals surface area contributed by atoms with Gasteiger partial charge in [-0.25, -0.2) is 4.68 Å². The molecule has 0 aromatic carbocycles. The Balaban J connectivity index is 2.07. The molecule has 0 amide bonds. The van der Waals surface area contributed by atoms with Crippen LogP contribution in [0.4, 0.5) is 14.6 Å². The zero-order chi connectivity index (χ0) is 12.4. The summed E-state index contributed by atoms with van der Waals surface area (Å²) in [7, 11) is 1.81. The van der Waals surface area contributed by atoms with Crippen LogP contribution in [0, 0.1) is 6.92 Å². The molecular weight excluding hydrogens is 228 g/mol. The van der Waals surface area contributed by atoms with Crippen LogP contribution < -0.4 is 5.32 Å². The molecule has 0 spiro atoms. The number of halogens is 2.